The molecule has 2 rings (SSSR count). The van der Waals surface area contributed by atoms with Crippen molar-refractivity contribution in [1.82, 2.24) is 0 Å². The van der Waals surface area contributed by atoms with Gasteiger partial charge in [0.05, 0.1) is 0 Å². The summed E-state index contributed by atoms with van der Waals surface area (Å²) in [6.45, 7) is 1.47. The summed E-state index contributed by atoms with van der Waals surface area (Å²) in [5.74, 6) is 0.399. The zero-order valence-corrected chi connectivity index (χ0v) is 6.75. The Kier molecular flexibility index (Phi) is 1.61. The molecule has 0 saturated heterocycles. The predicted molar refractivity (Wildman–Crippen MR) is 45.7 cm³/mol. The van der Waals surface area contributed by atoms with Gasteiger partial charge in [0.25, 0.3) is 0 Å². The quantitative estimate of drug-likeness (QED) is 0.629. The highest BCUT2D eigenvalue weighted by Gasteiger charge is 2.08. The van der Waals surface area contributed by atoms with Crippen molar-refractivity contribution in [2.45, 2.75) is 13.1 Å². The van der Waals surface area contributed by atoms with Crippen molar-refractivity contribution in [2.75, 3.05) is 0 Å². The van der Waals surface area contributed by atoms with Gasteiger partial charge in [0.1, 0.15) is 11.3 Å². The summed E-state index contributed by atoms with van der Waals surface area (Å²) in [6.07, 6.45) is -1.03. The van der Waals surface area contributed by atoms with Gasteiger partial charge in [0.2, 0.25) is 0 Å². The average Bonchev–Trinajstić information content (AvgIpc) is 2.46. The number of benzene rings is 1. The van der Waals surface area contributed by atoms with Gasteiger partial charge >= 0.3 is 0 Å². The van der Waals surface area contributed by atoms with E-state index in [-0.39, 0.29) is 0 Å². The standard InChI is InChI=1S/C10H9FO/c1-7(11)10-6-8-4-2-3-5-9(8)12-10/h2-7H,1H3. The van der Waals surface area contributed by atoms with E-state index in [0.717, 1.165) is 11.0 Å². The van der Waals surface area contributed by atoms with E-state index in [0.29, 0.717) is 5.76 Å². The van der Waals surface area contributed by atoms with Crippen molar-refractivity contribution >= 4 is 11.0 Å². The summed E-state index contributed by atoms with van der Waals surface area (Å²) < 4.78 is 18.0. The first-order valence-corrected chi connectivity index (χ1v) is 3.90. The van der Waals surface area contributed by atoms with E-state index in [4.69, 9.17) is 4.42 Å². The van der Waals surface area contributed by atoms with Gasteiger partial charge in [-0.1, -0.05) is 18.2 Å². The van der Waals surface area contributed by atoms with Crippen molar-refractivity contribution < 1.29 is 8.81 Å². The van der Waals surface area contributed by atoms with Gasteiger partial charge in [-0.25, -0.2) is 4.39 Å². The van der Waals surface area contributed by atoms with Crippen molar-refractivity contribution in [1.29, 1.82) is 0 Å². The van der Waals surface area contributed by atoms with Crippen LogP contribution in [0.25, 0.3) is 11.0 Å². The first-order valence-electron chi connectivity index (χ1n) is 3.90. The minimum Gasteiger partial charge on any atom is -0.458 e. The van der Waals surface area contributed by atoms with E-state index in [1.165, 1.54) is 6.92 Å². The summed E-state index contributed by atoms with van der Waals surface area (Å²) in [7, 11) is 0. The van der Waals surface area contributed by atoms with Crippen LogP contribution in [0.1, 0.15) is 18.9 Å². The minimum absolute atomic E-state index is 0.399. The molecule has 12 heavy (non-hydrogen) atoms. The molecule has 0 spiro atoms. The fourth-order valence-corrected chi connectivity index (χ4v) is 1.20. The molecule has 1 atom stereocenters. The lowest BCUT2D eigenvalue weighted by atomic mass is 10.2. The second-order valence-electron chi connectivity index (χ2n) is 2.80. The Hall–Kier alpha value is -1.31. The summed E-state index contributed by atoms with van der Waals surface area (Å²) >= 11 is 0. The lowest BCUT2D eigenvalue weighted by Gasteiger charge is -1.91. The molecule has 0 radical (unpaired) electrons. The number of halogens is 1. The first kappa shape index (κ1) is 7.35. The number of hydrogen-bond donors (Lipinski definition) is 0. The number of fused-ring (bicyclic) bond motifs is 1. The Morgan fingerprint density at radius 1 is 1.33 bits per heavy atom. The third-order valence-electron chi connectivity index (χ3n) is 1.84. The largest absolute Gasteiger partial charge is 0.458 e. The maximum Gasteiger partial charge on any atom is 0.155 e. The lowest BCUT2D eigenvalue weighted by Crippen LogP contribution is -1.77. The minimum atomic E-state index is -1.03. The molecule has 1 heterocycles. The van der Waals surface area contributed by atoms with Crippen LogP contribution in [0.5, 0.6) is 0 Å². The van der Waals surface area contributed by atoms with Crippen LogP contribution in [-0.2, 0) is 0 Å². The highest BCUT2D eigenvalue weighted by Crippen LogP contribution is 2.25. The van der Waals surface area contributed by atoms with E-state index in [2.05, 4.69) is 0 Å². The molecule has 62 valence electrons. The number of hydrogen-bond acceptors (Lipinski definition) is 1. The normalized spacial score (nSPS) is 13.5. The number of rotatable bonds is 1. The molecule has 2 heteroatoms. The monoisotopic (exact) mass is 164 g/mol. The fourth-order valence-electron chi connectivity index (χ4n) is 1.20. The topological polar surface area (TPSA) is 13.1 Å². The van der Waals surface area contributed by atoms with Gasteiger partial charge in [-0.15, -0.1) is 0 Å². The van der Waals surface area contributed by atoms with Crippen LogP contribution in [0.4, 0.5) is 4.39 Å². The second kappa shape index (κ2) is 2.63. The van der Waals surface area contributed by atoms with Crippen molar-refractivity contribution in [3.05, 3.63) is 36.1 Å². The molecule has 2 aromatic rings. The molecule has 0 aliphatic rings. The third-order valence-corrected chi connectivity index (χ3v) is 1.84. The molecule has 0 N–H and O–H groups in total. The highest BCUT2D eigenvalue weighted by atomic mass is 19.1. The summed E-state index contributed by atoms with van der Waals surface area (Å²) in [4.78, 5) is 0. The van der Waals surface area contributed by atoms with Crippen molar-refractivity contribution in [3.8, 4) is 0 Å². The van der Waals surface area contributed by atoms with E-state index in [1.54, 1.807) is 6.07 Å². The Balaban J connectivity index is 2.62. The second-order valence-corrected chi connectivity index (χ2v) is 2.80. The highest BCUT2D eigenvalue weighted by molar-refractivity contribution is 5.77. The smallest absolute Gasteiger partial charge is 0.155 e. The summed E-state index contributed by atoms with van der Waals surface area (Å²) in [5, 5.41) is 0.956. The molecule has 0 bridgehead atoms. The molecular weight excluding hydrogens is 155 g/mol. The van der Waals surface area contributed by atoms with Gasteiger partial charge in [-0.3, -0.25) is 0 Å². The maximum absolute atomic E-state index is 12.8. The molecule has 0 aliphatic carbocycles. The number of furan rings is 1. The van der Waals surface area contributed by atoms with Crippen LogP contribution in [-0.4, -0.2) is 0 Å². The van der Waals surface area contributed by atoms with Crippen molar-refractivity contribution in [2.24, 2.45) is 0 Å². The van der Waals surface area contributed by atoms with Crippen LogP contribution in [0, 0.1) is 0 Å². The van der Waals surface area contributed by atoms with Crippen molar-refractivity contribution in [3.63, 3.8) is 0 Å². The fraction of sp³-hybridized carbons (Fsp3) is 0.200. The SMILES string of the molecule is CC(F)c1cc2ccccc2o1. The molecule has 0 aliphatic heterocycles. The molecule has 0 fully saturated rings. The Morgan fingerprint density at radius 3 is 2.75 bits per heavy atom. The molecule has 1 nitrogen and oxygen atoms in total. The molecule has 1 unspecified atom stereocenters. The molecule has 1 aromatic carbocycles. The molecular formula is C10H9FO. The Labute approximate surface area is 69.8 Å². The van der Waals surface area contributed by atoms with Gasteiger partial charge in [0, 0.05) is 5.39 Å². The van der Waals surface area contributed by atoms with Crippen LogP contribution >= 0.6 is 0 Å². The van der Waals surface area contributed by atoms with Crippen LogP contribution in [0.3, 0.4) is 0 Å². The van der Waals surface area contributed by atoms with Crippen LogP contribution in [0.15, 0.2) is 34.7 Å². The van der Waals surface area contributed by atoms with E-state index >= 15 is 0 Å². The van der Waals surface area contributed by atoms with Gasteiger partial charge in [-0.2, -0.15) is 0 Å². The zero-order valence-electron chi connectivity index (χ0n) is 6.75. The van der Waals surface area contributed by atoms with E-state index in [1.807, 2.05) is 24.3 Å². The van der Waals surface area contributed by atoms with Gasteiger partial charge in [0.15, 0.2) is 6.17 Å². The molecule has 0 saturated carbocycles. The van der Waals surface area contributed by atoms with Gasteiger partial charge in [-0.05, 0) is 19.1 Å². The number of para-hydroxylation sites is 1. The number of alkyl halides is 1. The van der Waals surface area contributed by atoms with E-state index < -0.39 is 6.17 Å². The van der Waals surface area contributed by atoms with Crippen LogP contribution in [0.2, 0.25) is 0 Å². The Bertz CT molecular complexity index is 356. The zero-order chi connectivity index (χ0) is 8.55. The molecule has 1 aromatic heterocycles. The maximum atomic E-state index is 12.8. The van der Waals surface area contributed by atoms with Gasteiger partial charge < -0.3 is 4.42 Å². The lowest BCUT2D eigenvalue weighted by molar-refractivity contribution is 0.317. The summed E-state index contributed by atoms with van der Waals surface area (Å²) in [6, 6.07) is 9.26. The first-order chi connectivity index (χ1) is 5.77. The Morgan fingerprint density at radius 2 is 2.08 bits per heavy atom. The average molecular weight is 164 g/mol. The third kappa shape index (κ3) is 1.09. The van der Waals surface area contributed by atoms with E-state index in [9.17, 15) is 4.39 Å². The molecule has 0 amide bonds. The van der Waals surface area contributed by atoms with Crippen LogP contribution < -0.4 is 0 Å². The predicted octanol–water partition coefficient (Wildman–Crippen LogP) is 3.46. The summed E-state index contributed by atoms with van der Waals surface area (Å²) in [5.41, 5.74) is 0.747.